The lowest BCUT2D eigenvalue weighted by molar-refractivity contribution is 0.00289. The molecule has 0 heterocycles. The van der Waals surface area contributed by atoms with Gasteiger partial charge in [-0.2, -0.15) is 0 Å². The van der Waals surface area contributed by atoms with Gasteiger partial charge in [0.15, 0.2) is 0 Å². The average molecular weight is 245 g/mol. The van der Waals surface area contributed by atoms with Crippen LogP contribution in [0.15, 0.2) is 0 Å². The molecular weight excluding hydrogens is 214 g/mol. The first-order valence-electron chi connectivity index (χ1n) is 7.06. The molecule has 1 N–H and O–H groups in total. The Labute approximate surface area is 107 Å². The number of hydrogen-bond acceptors (Lipinski definition) is 3. The second kappa shape index (κ2) is 12.3. The van der Waals surface area contributed by atoms with E-state index in [1.54, 1.807) is 0 Å². The monoisotopic (exact) mass is 245 g/mol. The first-order valence-corrected chi connectivity index (χ1v) is 7.06. The quantitative estimate of drug-likeness (QED) is 0.536. The topological polar surface area (TPSA) is 30.5 Å². The lowest BCUT2D eigenvalue weighted by Crippen LogP contribution is -2.19. The van der Waals surface area contributed by atoms with Crippen molar-refractivity contribution in [1.29, 1.82) is 0 Å². The van der Waals surface area contributed by atoms with E-state index in [0.717, 1.165) is 39.3 Å². The lowest BCUT2D eigenvalue weighted by Gasteiger charge is -2.13. The summed E-state index contributed by atoms with van der Waals surface area (Å²) in [6.07, 6.45) is 3.87. The maximum atomic E-state index is 5.68. The van der Waals surface area contributed by atoms with Crippen molar-refractivity contribution in [3.05, 3.63) is 0 Å². The SMILES string of the molecule is CCCNCCCC(C)OCCOCC(C)C. The summed E-state index contributed by atoms with van der Waals surface area (Å²) in [4.78, 5) is 0. The minimum atomic E-state index is 0.348. The minimum Gasteiger partial charge on any atom is -0.379 e. The molecule has 0 saturated carbocycles. The first kappa shape index (κ1) is 16.9. The normalized spacial score (nSPS) is 13.2. The lowest BCUT2D eigenvalue weighted by atomic mass is 10.2. The van der Waals surface area contributed by atoms with E-state index < -0.39 is 0 Å². The second-order valence-corrected chi connectivity index (χ2v) is 5.04. The average Bonchev–Trinajstić information content (AvgIpc) is 2.28. The first-order chi connectivity index (χ1) is 8.16. The molecule has 0 rings (SSSR count). The van der Waals surface area contributed by atoms with Crippen LogP contribution in [0.25, 0.3) is 0 Å². The predicted molar refractivity (Wildman–Crippen MR) is 73.5 cm³/mol. The van der Waals surface area contributed by atoms with E-state index in [4.69, 9.17) is 9.47 Å². The van der Waals surface area contributed by atoms with Gasteiger partial charge in [-0.25, -0.2) is 0 Å². The van der Waals surface area contributed by atoms with Crippen molar-refractivity contribution in [3.63, 3.8) is 0 Å². The molecule has 3 nitrogen and oxygen atoms in total. The van der Waals surface area contributed by atoms with E-state index in [1.165, 1.54) is 12.8 Å². The van der Waals surface area contributed by atoms with E-state index >= 15 is 0 Å². The molecule has 0 aromatic heterocycles. The molecule has 1 atom stereocenters. The summed E-state index contributed by atoms with van der Waals surface area (Å²) in [5.41, 5.74) is 0. The summed E-state index contributed by atoms with van der Waals surface area (Å²) in [6, 6.07) is 0. The van der Waals surface area contributed by atoms with Crippen molar-refractivity contribution < 1.29 is 9.47 Å². The third-order valence-electron chi connectivity index (χ3n) is 2.47. The largest absolute Gasteiger partial charge is 0.379 e. The molecule has 104 valence electrons. The van der Waals surface area contributed by atoms with E-state index in [0.29, 0.717) is 12.0 Å². The van der Waals surface area contributed by atoms with Crippen LogP contribution in [0.3, 0.4) is 0 Å². The molecule has 0 saturated heterocycles. The number of hydrogen-bond donors (Lipinski definition) is 1. The Balaban J connectivity index is 3.14. The predicted octanol–water partition coefficient (Wildman–Crippen LogP) is 2.84. The molecule has 1 unspecified atom stereocenters. The molecule has 0 spiro atoms. The highest BCUT2D eigenvalue weighted by Crippen LogP contribution is 2.01. The zero-order valence-electron chi connectivity index (χ0n) is 12.1. The fraction of sp³-hybridized carbons (Fsp3) is 1.00. The highest BCUT2D eigenvalue weighted by atomic mass is 16.5. The van der Waals surface area contributed by atoms with Crippen molar-refractivity contribution in [1.82, 2.24) is 5.32 Å². The minimum absolute atomic E-state index is 0.348. The zero-order valence-corrected chi connectivity index (χ0v) is 12.1. The van der Waals surface area contributed by atoms with Gasteiger partial charge in [0.2, 0.25) is 0 Å². The molecule has 0 aromatic carbocycles. The van der Waals surface area contributed by atoms with Crippen LogP contribution in [0.2, 0.25) is 0 Å². The molecule has 0 amide bonds. The summed E-state index contributed by atoms with van der Waals surface area (Å²) in [5, 5.41) is 3.40. The summed E-state index contributed by atoms with van der Waals surface area (Å²) in [5.74, 6) is 0.608. The van der Waals surface area contributed by atoms with E-state index in [-0.39, 0.29) is 0 Å². The highest BCUT2D eigenvalue weighted by molar-refractivity contribution is 4.53. The maximum absolute atomic E-state index is 5.68. The number of nitrogens with one attached hydrogen (secondary N) is 1. The van der Waals surface area contributed by atoms with E-state index in [2.05, 4.69) is 33.0 Å². The Hall–Kier alpha value is -0.120. The van der Waals surface area contributed by atoms with Gasteiger partial charge in [0.1, 0.15) is 0 Å². The van der Waals surface area contributed by atoms with Gasteiger partial charge in [-0.3, -0.25) is 0 Å². The smallest absolute Gasteiger partial charge is 0.0704 e. The van der Waals surface area contributed by atoms with Crippen LogP contribution in [0.1, 0.15) is 47.0 Å². The van der Waals surface area contributed by atoms with Crippen molar-refractivity contribution in [2.75, 3.05) is 32.9 Å². The summed E-state index contributed by atoms with van der Waals surface area (Å²) < 4.78 is 11.1. The molecule has 0 radical (unpaired) electrons. The molecule has 0 aliphatic heterocycles. The van der Waals surface area contributed by atoms with Crippen LogP contribution < -0.4 is 5.32 Å². The second-order valence-electron chi connectivity index (χ2n) is 5.04. The van der Waals surface area contributed by atoms with Crippen LogP contribution in [0.4, 0.5) is 0 Å². The van der Waals surface area contributed by atoms with Gasteiger partial charge in [0.05, 0.1) is 19.3 Å². The summed E-state index contributed by atoms with van der Waals surface area (Å²) in [7, 11) is 0. The van der Waals surface area contributed by atoms with Crippen molar-refractivity contribution >= 4 is 0 Å². The molecule has 0 aliphatic carbocycles. The van der Waals surface area contributed by atoms with Gasteiger partial charge in [0.25, 0.3) is 0 Å². The molecular formula is C14H31NO2. The van der Waals surface area contributed by atoms with Gasteiger partial charge in [0, 0.05) is 6.61 Å². The third-order valence-corrected chi connectivity index (χ3v) is 2.47. The Morgan fingerprint density at radius 1 is 1.06 bits per heavy atom. The fourth-order valence-electron chi connectivity index (χ4n) is 1.53. The van der Waals surface area contributed by atoms with Crippen molar-refractivity contribution in [2.45, 2.75) is 53.1 Å². The van der Waals surface area contributed by atoms with Crippen LogP contribution in [0, 0.1) is 5.92 Å². The third kappa shape index (κ3) is 13.8. The van der Waals surface area contributed by atoms with Gasteiger partial charge in [-0.1, -0.05) is 20.8 Å². The fourth-order valence-corrected chi connectivity index (χ4v) is 1.53. The van der Waals surface area contributed by atoms with Gasteiger partial charge in [-0.05, 0) is 45.2 Å². The molecule has 0 aromatic rings. The Morgan fingerprint density at radius 2 is 1.82 bits per heavy atom. The van der Waals surface area contributed by atoms with Gasteiger partial charge in [-0.15, -0.1) is 0 Å². The Morgan fingerprint density at radius 3 is 2.47 bits per heavy atom. The molecule has 0 bridgehead atoms. The van der Waals surface area contributed by atoms with Crippen molar-refractivity contribution in [2.24, 2.45) is 5.92 Å². The Bertz CT molecular complexity index is 151. The summed E-state index contributed by atoms with van der Waals surface area (Å²) >= 11 is 0. The molecule has 3 heteroatoms. The van der Waals surface area contributed by atoms with Crippen LogP contribution in [-0.4, -0.2) is 39.0 Å². The summed E-state index contributed by atoms with van der Waals surface area (Å²) in [6.45, 7) is 13.1. The highest BCUT2D eigenvalue weighted by Gasteiger charge is 2.01. The molecule has 0 fully saturated rings. The van der Waals surface area contributed by atoms with E-state index in [1.807, 2.05) is 0 Å². The number of rotatable bonds is 12. The maximum Gasteiger partial charge on any atom is 0.0704 e. The van der Waals surface area contributed by atoms with E-state index in [9.17, 15) is 0 Å². The molecule has 17 heavy (non-hydrogen) atoms. The standard InChI is InChI=1S/C14H31NO2/c1-5-8-15-9-6-7-14(4)17-11-10-16-12-13(2)3/h13-15H,5-12H2,1-4H3. The van der Waals surface area contributed by atoms with Crippen LogP contribution in [-0.2, 0) is 9.47 Å². The van der Waals surface area contributed by atoms with Gasteiger partial charge < -0.3 is 14.8 Å². The van der Waals surface area contributed by atoms with Gasteiger partial charge >= 0.3 is 0 Å². The molecule has 0 aliphatic rings. The van der Waals surface area contributed by atoms with Crippen molar-refractivity contribution in [3.8, 4) is 0 Å². The zero-order chi connectivity index (χ0) is 12.9. The Kier molecular flexibility index (Phi) is 12.3. The van der Waals surface area contributed by atoms with Crippen LogP contribution >= 0.6 is 0 Å². The van der Waals surface area contributed by atoms with Crippen LogP contribution in [0.5, 0.6) is 0 Å². The number of ether oxygens (including phenoxy) is 2.